The van der Waals surface area contributed by atoms with Crippen molar-refractivity contribution in [3.8, 4) is 0 Å². The molecule has 0 saturated heterocycles. The van der Waals surface area contributed by atoms with Crippen molar-refractivity contribution < 1.29 is 27.8 Å². The summed E-state index contributed by atoms with van der Waals surface area (Å²) in [5.41, 5.74) is -2.89. The second kappa shape index (κ2) is 6.18. The fourth-order valence-electron chi connectivity index (χ4n) is 6.01. The molecule has 26 heavy (non-hydrogen) atoms. The van der Waals surface area contributed by atoms with Crippen LogP contribution >= 0.6 is 0 Å². The number of esters is 1. The van der Waals surface area contributed by atoms with Gasteiger partial charge < -0.3 is 9.84 Å². The van der Waals surface area contributed by atoms with Gasteiger partial charge in [-0.2, -0.15) is 13.2 Å². The third-order valence-corrected chi connectivity index (χ3v) is 7.36. The molecule has 4 rings (SSSR count). The van der Waals surface area contributed by atoms with Gasteiger partial charge in [0.05, 0.1) is 12.5 Å². The van der Waals surface area contributed by atoms with Crippen LogP contribution in [0.1, 0.15) is 38.5 Å². The van der Waals surface area contributed by atoms with Crippen LogP contribution in [0.2, 0.25) is 0 Å². The van der Waals surface area contributed by atoms with Crippen molar-refractivity contribution in [1.29, 1.82) is 0 Å². The molecule has 3 nitrogen and oxygen atoms in total. The van der Waals surface area contributed by atoms with Gasteiger partial charge in [-0.15, -0.1) is 0 Å². The van der Waals surface area contributed by atoms with Gasteiger partial charge in [0.2, 0.25) is 0 Å². The summed E-state index contributed by atoms with van der Waals surface area (Å²) in [5.74, 6) is 0.915. The highest BCUT2D eigenvalue weighted by Gasteiger charge is 2.60. The van der Waals surface area contributed by atoms with Crippen LogP contribution in [0.25, 0.3) is 0 Å². The first-order valence-electron chi connectivity index (χ1n) is 9.65. The summed E-state index contributed by atoms with van der Waals surface area (Å²) < 4.78 is 44.4. The lowest BCUT2D eigenvalue weighted by atomic mass is 9.80. The minimum atomic E-state index is -4.72. The molecule has 0 aromatic heterocycles. The Bertz CT molecular complexity index is 598. The number of carbonyl (C=O) groups is 1. The monoisotopic (exact) mass is 371 g/mol. The zero-order valence-electron chi connectivity index (χ0n) is 14.8. The number of fused-ring (bicyclic) bond motifs is 4. The van der Waals surface area contributed by atoms with Crippen LogP contribution in [-0.4, -0.2) is 29.5 Å². The van der Waals surface area contributed by atoms with Crippen molar-refractivity contribution in [2.45, 2.75) is 50.3 Å². The van der Waals surface area contributed by atoms with E-state index in [1.165, 1.54) is 0 Å². The molecule has 144 valence electrons. The Morgan fingerprint density at radius 3 is 2.58 bits per heavy atom. The van der Waals surface area contributed by atoms with Crippen LogP contribution in [0.3, 0.4) is 0 Å². The van der Waals surface area contributed by atoms with Gasteiger partial charge in [-0.1, -0.05) is 12.2 Å². The lowest BCUT2D eigenvalue weighted by Gasteiger charge is -2.28. The van der Waals surface area contributed by atoms with E-state index in [0.717, 1.165) is 25.7 Å². The number of alkyl halides is 3. The van der Waals surface area contributed by atoms with E-state index >= 15 is 0 Å². The molecular formula is C20H26F3O3+. The van der Waals surface area contributed by atoms with Gasteiger partial charge in [0.1, 0.15) is 6.92 Å². The molecule has 3 saturated carbocycles. The molecule has 6 heteroatoms. The van der Waals surface area contributed by atoms with Crippen LogP contribution in [0.15, 0.2) is 12.2 Å². The molecule has 8 unspecified atom stereocenters. The minimum absolute atomic E-state index is 0.0463. The molecule has 0 aromatic carbocycles. The standard InChI is InChI=1S/C20H26F3O3/c1-19(25,20(21,22)23)9-14-8-13-4-5-15(14)17(13)10-26-18(24)16-7-11-2-3-12(16)6-11/h2-3,11-17,25H,1,4-10H2/q+1. The number of ether oxygens (including phenoxy) is 1. The Hall–Kier alpha value is -1.17. The summed E-state index contributed by atoms with van der Waals surface area (Å²) in [4.78, 5) is 12.4. The topological polar surface area (TPSA) is 46.5 Å². The second-order valence-electron chi connectivity index (χ2n) is 8.91. The smallest absolute Gasteiger partial charge is 0.461 e. The maximum atomic E-state index is 12.9. The normalized spacial score (nSPS) is 43.0. The van der Waals surface area contributed by atoms with Gasteiger partial charge in [-0.3, -0.25) is 4.79 Å². The van der Waals surface area contributed by atoms with E-state index in [2.05, 4.69) is 19.1 Å². The summed E-state index contributed by atoms with van der Waals surface area (Å²) in [6, 6.07) is 0. The fourth-order valence-corrected chi connectivity index (χ4v) is 6.01. The van der Waals surface area contributed by atoms with Crippen LogP contribution in [0.5, 0.6) is 0 Å². The van der Waals surface area contributed by atoms with E-state index in [1.807, 2.05) is 0 Å². The Morgan fingerprint density at radius 2 is 1.96 bits per heavy atom. The van der Waals surface area contributed by atoms with Crippen molar-refractivity contribution in [2.75, 3.05) is 6.61 Å². The first-order chi connectivity index (χ1) is 12.2. The second-order valence-corrected chi connectivity index (χ2v) is 8.91. The lowest BCUT2D eigenvalue weighted by molar-refractivity contribution is -0.247. The van der Waals surface area contributed by atoms with E-state index in [-0.39, 0.29) is 36.1 Å². The average Bonchev–Trinajstić information content (AvgIpc) is 3.31. The Morgan fingerprint density at radius 1 is 1.19 bits per heavy atom. The molecule has 4 bridgehead atoms. The van der Waals surface area contributed by atoms with Gasteiger partial charge in [0.25, 0.3) is 5.60 Å². The van der Waals surface area contributed by atoms with Crippen molar-refractivity contribution >= 4 is 5.97 Å². The Balaban J connectivity index is 1.33. The summed E-state index contributed by atoms with van der Waals surface area (Å²) in [7, 11) is 0. The van der Waals surface area contributed by atoms with Gasteiger partial charge in [-0.05, 0) is 67.6 Å². The SMILES string of the molecule is [CH2+]C(O)(CC1CC2CCC1C2COC(=O)C1CC2C=CC1C2)C(F)(F)F. The molecule has 0 spiro atoms. The van der Waals surface area contributed by atoms with E-state index in [1.54, 1.807) is 0 Å². The third-order valence-electron chi connectivity index (χ3n) is 7.36. The molecular weight excluding hydrogens is 345 g/mol. The van der Waals surface area contributed by atoms with Crippen LogP contribution in [0, 0.1) is 48.3 Å². The van der Waals surface area contributed by atoms with Crippen LogP contribution in [-0.2, 0) is 9.53 Å². The summed E-state index contributed by atoms with van der Waals surface area (Å²) in [6.45, 7) is 3.31. The first kappa shape index (κ1) is 18.2. The maximum absolute atomic E-state index is 12.9. The predicted molar refractivity (Wildman–Crippen MR) is 88.6 cm³/mol. The summed E-state index contributed by atoms with van der Waals surface area (Å²) >= 11 is 0. The molecule has 0 aromatic rings. The van der Waals surface area contributed by atoms with Crippen LogP contribution < -0.4 is 0 Å². The number of allylic oxidation sites excluding steroid dienone is 2. The molecule has 8 atom stereocenters. The summed E-state index contributed by atoms with van der Waals surface area (Å²) in [5, 5.41) is 9.72. The highest BCUT2D eigenvalue weighted by atomic mass is 19.4. The van der Waals surface area contributed by atoms with Crippen molar-refractivity contribution in [3.63, 3.8) is 0 Å². The number of carbonyl (C=O) groups excluding carboxylic acids is 1. The highest BCUT2D eigenvalue weighted by molar-refractivity contribution is 5.74. The molecule has 0 heterocycles. The van der Waals surface area contributed by atoms with Gasteiger partial charge in [0.15, 0.2) is 0 Å². The molecule has 4 aliphatic rings. The van der Waals surface area contributed by atoms with E-state index in [0.29, 0.717) is 30.8 Å². The number of hydrogen-bond donors (Lipinski definition) is 1. The number of hydrogen-bond acceptors (Lipinski definition) is 3. The zero-order valence-corrected chi connectivity index (χ0v) is 14.8. The zero-order chi connectivity index (χ0) is 18.7. The molecule has 0 amide bonds. The van der Waals surface area contributed by atoms with Crippen LogP contribution in [0.4, 0.5) is 13.2 Å². The van der Waals surface area contributed by atoms with E-state index in [4.69, 9.17) is 4.74 Å². The predicted octanol–water partition coefficient (Wildman–Crippen LogP) is 3.92. The first-order valence-corrected chi connectivity index (χ1v) is 9.65. The van der Waals surface area contributed by atoms with Gasteiger partial charge in [-0.25, -0.2) is 0 Å². The Kier molecular flexibility index (Phi) is 4.33. The number of rotatable bonds is 5. The van der Waals surface area contributed by atoms with Gasteiger partial charge in [0, 0.05) is 6.42 Å². The molecule has 1 N–H and O–H groups in total. The fraction of sp³-hybridized carbons (Fsp3) is 0.800. The minimum Gasteiger partial charge on any atom is -0.465 e. The van der Waals surface area contributed by atoms with Crippen molar-refractivity contribution in [1.82, 2.24) is 0 Å². The largest absolute Gasteiger partial charge is 0.465 e. The Labute approximate surface area is 152 Å². The van der Waals surface area contributed by atoms with Gasteiger partial charge >= 0.3 is 12.1 Å². The van der Waals surface area contributed by atoms with E-state index in [9.17, 15) is 23.1 Å². The summed E-state index contributed by atoms with van der Waals surface area (Å²) in [6.07, 6.45) is 3.60. The van der Waals surface area contributed by atoms with Crippen molar-refractivity contribution in [3.05, 3.63) is 19.1 Å². The van der Waals surface area contributed by atoms with E-state index < -0.39 is 11.8 Å². The third kappa shape index (κ3) is 3.04. The molecule has 0 aliphatic heterocycles. The highest BCUT2D eigenvalue weighted by Crippen LogP contribution is 2.56. The average molecular weight is 371 g/mol. The quantitative estimate of drug-likeness (QED) is 0.453. The molecule has 3 fully saturated rings. The lowest BCUT2D eigenvalue weighted by Crippen LogP contribution is -2.44. The van der Waals surface area contributed by atoms with Crippen molar-refractivity contribution in [2.24, 2.45) is 41.4 Å². The molecule has 4 aliphatic carbocycles. The maximum Gasteiger partial charge on any atom is 0.461 e. The number of aliphatic hydroxyl groups is 1. The number of halogens is 3. The molecule has 0 radical (unpaired) electrons.